The van der Waals surface area contributed by atoms with E-state index < -0.39 is 11.0 Å². The number of anilines is 1. The monoisotopic (exact) mass is 440 g/mol. The van der Waals surface area contributed by atoms with Gasteiger partial charge in [0.2, 0.25) is 0 Å². The van der Waals surface area contributed by atoms with Crippen molar-refractivity contribution in [1.82, 2.24) is 0 Å². The van der Waals surface area contributed by atoms with Gasteiger partial charge in [-0.15, -0.1) is 0 Å². The molecule has 0 saturated heterocycles. The molecule has 0 aliphatic heterocycles. The Morgan fingerprint density at radius 3 is 2.18 bits per heavy atom. The van der Waals surface area contributed by atoms with E-state index in [1.807, 2.05) is 42.5 Å². The quantitative estimate of drug-likeness (QED) is 0.225. The van der Waals surface area contributed by atoms with Gasteiger partial charge < -0.3 is 10.4 Å². The summed E-state index contributed by atoms with van der Waals surface area (Å²) in [7, 11) is 0. The van der Waals surface area contributed by atoms with Crippen LogP contribution in [0.25, 0.3) is 10.8 Å². The maximum absolute atomic E-state index is 11.2. The summed E-state index contributed by atoms with van der Waals surface area (Å²) in [6.07, 6.45) is -0.280. The Hall–Kier alpha value is -3.70. The second-order valence-corrected chi connectivity index (χ2v) is 8.68. The number of nitrogens with zero attached hydrogens (tertiary/aromatic N) is 1. The van der Waals surface area contributed by atoms with Gasteiger partial charge in [0.05, 0.1) is 17.1 Å². The van der Waals surface area contributed by atoms with E-state index in [0.29, 0.717) is 18.0 Å². The Bertz CT molecular complexity index is 1250. The lowest BCUT2D eigenvalue weighted by molar-refractivity contribution is -0.384. The van der Waals surface area contributed by atoms with E-state index in [1.165, 1.54) is 17.7 Å². The molecule has 2 atom stereocenters. The Kier molecular flexibility index (Phi) is 6.71. The molecule has 0 radical (unpaired) electrons. The number of fused-ring (bicyclic) bond motifs is 1. The molecule has 5 heteroatoms. The summed E-state index contributed by atoms with van der Waals surface area (Å²) in [5.74, 6) is 0.422. The number of benzene rings is 4. The number of nitrogens with one attached hydrogen (secondary N) is 1. The number of hydrogen-bond donors (Lipinski definition) is 2. The van der Waals surface area contributed by atoms with Crippen LogP contribution in [0.2, 0.25) is 0 Å². The topological polar surface area (TPSA) is 75.4 Å². The van der Waals surface area contributed by atoms with Crippen LogP contribution in [0.15, 0.2) is 91.0 Å². The number of nitro groups is 1. The molecule has 0 fully saturated rings. The Morgan fingerprint density at radius 1 is 0.818 bits per heavy atom. The maximum atomic E-state index is 11.2. The van der Waals surface area contributed by atoms with E-state index in [9.17, 15) is 15.2 Å². The highest BCUT2D eigenvalue weighted by atomic mass is 16.6. The van der Waals surface area contributed by atoms with Crippen LogP contribution in [0.3, 0.4) is 0 Å². The maximum Gasteiger partial charge on any atom is 0.271 e. The highest BCUT2D eigenvalue weighted by Crippen LogP contribution is 2.32. The van der Waals surface area contributed by atoms with Crippen LogP contribution in [0.1, 0.15) is 55.0 Å². The number of hydrogen-bond acceptors (Lipinski definition) is 4. The third kappa shape index (κ3) is 5.38. The van der Waals surface area contributed by atoms with Crippen molar-refractivity contribution >= 4 is 22.1 Å². The van der Waals surface area contributed by atoms with Crippen LogP contribution >= 0.6 is 0 Å². The van der Waals surface area contributed by atoms with Crippen molar-refractivity contribution < 1.29 is 10.0 Å². The second kappa shape index (κ2) is 9.84. The van der Waals surface area contributed by atoms with Gasteiger partial charge in [-0.25, -0.2) is 0 Å². The number of rotatable bonds is 8. The second-order valence-electron chi connectivity index (χ2n) is 8.68. The number of nitro benzene ring substituents is 1. The van der Waals surface area contributed by atoms with Crippen LogP contribution in [0, 0.1) is 10.1 Å². The minimum Gasteiger partial charge on any atom is -0.388 e. The molecule has 0 aliphatic carbocycles. The predicted molar refractivity (Wildman–Crippen MR) is 134 cm³/mol. The van der Waals surface area contributed by atoms with Crippen LogP contribution in [0.5, 0.6) is 0 Å². The summed E-state index contributed by atoms with van der Waals surface area (Å²) in [6, 6.07) is 28.7. The third-order valence-corrected chi connectivity index (χ3v) is 6.02. The fourth-order valence-corrected chi connectivity index (χ4v) is 4.08. The molecule has 4 aromatic carbocycles. The van der Waals surface area contributed by atoms with Gasteiger partial charge in [-0.1, -0.05) is 80.6 Å². The Morgan fingerprint density at radius 2 is 1.48 bits per heavy atom. The number of aliphatic hydroxyl groups excluding tert-OH is 1. The zero-order chi connectivity index (χ0) is 23.4. The third-order valence-electron chi connectivity index (χ3n) is 6.02. The summed E-state index contributed by atoms with van der Waals surface area (Å²) >= 11 is 0. The Balaban J connectivity index is 1.63. The standard InChI is InChI=1S/C28H28N2O3/c1-19(2)20-10-13-22(14-11-20)27(29-25-8-5-9-26(17-25)30(32)33)18-28(31)24-15-12-21-6-3-4-7-23(21)16-24/h3-17,19,27-29,31H,18H2,1-2H3. The van der Waals surface area contributed by atoms with Crippen molar-refractivity contribution in [2.75, 3.05) is 5.32 Å². The largest absolute Gasteiger partial charge is 0.388 e. The molecule has 33 heavy (non-hydrogen) atoms. The molecule has 4 aromatic rings. The molecule has 0 heterocycles. The first kappa shape index (κ1) is 22.5. The van der Waals surface area contributed by atoms with Crippen molar-refractivity contribution in [2.45, 2.75) is 38.3 Å². The van der Waals surface area contributed by atoms with Crippen LogP contribution in [-0.2, 0) is 0 Å². The van der Waals surface area contributed by atoms with Crippen LogP contribution in [0.4, 0.5) is 11.4 Å². The van der Waals surface area contributed by atoms with Crippen LogP contribution in [-0.4, -0.2) is 10.0 Å². The van der Waals surface area contributed by atoms with E-state index in [4.69, 9.17) is 0 Å². The smallest absolute Gasteiger partial charge is 0.271 e. The van der Waals surface area contributed by atoms with Crippen molar-refractivity contribution in [3.05, 3.63) is 118 Å². The first-order valence-corrected chi connectivity index (χ1v) is 11.2. The van der Waals surface area contributed by atoms with Gasteiger partial charge in [0.25, 0.3) is 5.69 Å². The van der Waals surface area contributed by atoms with E-state index in [-0.39, 0.29) is 11.7 Å². The predicted octanol–water partition coefficient (Wildman–Crippen LogP) is 7.15. The van der Waals surface area contributed by atoms with Crippen molar-refractivity contribution in [2.24, 2.45) is 0 Å². The fourth-order valence-electron chi connectivity index (χ4n) is 4.08. The molecule has 0 aliphatic rings. The van der Waals surface area contributed by atoms with Gasteiger partial charge in [0.1, 0.15) is 0 Å². The zero-order valence-corrected chi connectivity index (χ0v) is 18.8. The SMILES string of the molecule is CC(C)c1ccc(C(CC(O)c2ccc3ccccc3c2)Nc2cccc([N+](=O)[O-])c2)cc1. The van der Waals surface area contributed by atoms with E-state index >= 15 is 0 Å². The number of non-ortho nitro benzene ring substituents is 1. The average Bonchev–Trinajstić information content (AvgIpc) is 2.83. The lowest BCUT2D eigenvalue weighted by atomic mass is 9.93. The molecule has 0 aromatic heterocycles. The van der Waals surface area contributed by atoms with Crippen molar-refractivity contribution in [3.63, 3.8) is 0 Å². The molecule has 0 bridgehead atoms. The Labute approximate surface area is 193 Å². The van der Waals surface area contributed by atoms with E-state index in [0.717, 1.165) is 21.9 Å². The fraction of sp³-hybridized carbons (Fsp3) is 0.214. The lowest BCUT2D eigenvalue weighted by Gasteiger charge is -2.24. The van der Waals surface area contributed by atoms with Crippen LogP contribution < -0.4 is 5.32 Å². The molecular formula is C28H28N2O3. The van der Waals surface area contributed by atoms with Gasteiger partial charge in [0.15, 0.2) is 0 Å². The molecule has 2 unspecified atom stereocenters. The van der Waals surface area contributed by atoms with Gasteiger partial charge >= 0.3 is 0 Å². The highest BCUT2D eigenvalue weighted by molar-refractivity contribution is 5.83. The van der Waals surface area contributed by atoms with Crippen molar-refractivity contribution in [1.29, 1.82) is 0 Å². The van der Waals surface area contributed by atoms with Crippen molar-refractivity contribution in [3.8, 4) is 0 Å². The molecule has 4 rings (SSSR count). The van der Waals surface area contributed by atoms with E-state index in [2.05, 4.69) is 49.5 Å². The number of aliphatic hydroxyl groups is 1. The van der Waals surface area contributed by atoms with E-state index in [1.54, 1.807) is 6.07 Å². The molecule has 5 nitrogen and oxygen atoms in total. The first-order chi connectivity index (χ1) is 15.9. The summed E-state index contributed by atoms with van der Waals surface area (Å²) in [4.78, 5) is 10.8. The van der Waals surface area contributed by atoms with Gasteiger partial charge in [-0.3, -0.25) is 10.1 Å². The highest BCUT2D eigenvalue weighted by Gasteiger charge is 2.19. The molecule has 2 N–H and O–H groups in total. The summed E-state index contributed by atoms with van der Waals surface area (Å²) in [5.41, 5.74) is 3.78. The van der Waals surface area contributed by atoms with Gasteiger partial charge in [0, 0.05) is 24.2 Å². The normalized spacial score (nSPS) is 13.1. The molecular weight excluding hydrogens is 412 g/mol. The summed E-state index contributed by atoms with van der Waals surface area (Å²) in [5, 5.41) is 28.0. The zero-order valence-electron chi connectivity index (χ0n) is 18.8. The average molecular weight is 441 g/mol. The first-order valence-electron chi connectivity index (χ1n) is 11.2. The van der Waals surface area contributed by atoms with Gasteiger partial charge in [-0.05, 0) is 45.5 Å². The molecule has 0 spiro atoms. The summed E-state index contributed by atoms with van der Waals surface area (Å²) in [6.45, 7) is 4.30. The van der Waals surface area contributed by atoms with Gasteiger partial charge in [-0.2, -0.15) is 0 Å². The molecule has 0 amide bonds. The summed E-state index contributed by atoms with van der Waals surface area (Å²) < 4.78 is 0. The lowest BCUT2D eigenvalue weighted by Crippen LogP contribution is -2.15. The minimum absolute atomic E-state index is 0.0315. The molecule has 168 valence electrons. The molecule has 0 saturated carbocycles. The minimum atomic E-state index is -0.699.